The molecule has 8 heteroatoms. The second kappa shape index (κ2) is 6.08. The summed E-state index contributed by atoms with van der Waals surface area (Å²) in [6.07, 6.45) is 5.69. The fourth-order valence-corrected chi connectivity index (χ4v) is 3.08. The van der Waals surface area contributed by atoms with E-state index in [2.05, 4.69) is 24.8 Å². The summed E-state index contributed by atoms with van der Waals surface area (Å²) < 4.78 is 12.9. The van der Waals surface area contributed by atoms with Gasteiger partial charge in [-0.1, -0.05) is 0 Å². The summed E-state index contributed by atoms with van der Waals surface area (Å²) >= 11 is 0. The molecule has 1 aromatic carbocycles. The Labute approximate surface area is 154 Å². The highest BCUT2D eigenvalue weighted by Gasteiger charge is 2.25. The van der Waals surface area contributed by atoms with E-state index in [1.807, 2.05) is 0 Å². The molecule has 4 aromatic rings. The first-order valence-corrected chi connectivity index (χ1v) is 8.75. The minimum atomic E-state index is -0.245. The number of carbonyl (C=O) groups excluding carboxylic acids is 1. The van der Waals surface area contributed by atoms with Crippen LogP contribution in [0.3, 0.4) is 0 Å². The first kappa shape index (κ1) is 15.8. The number of aromatic nitrogens is 4. The molecule has 1 aliphatic rings. The summed E-state index contributed by atoms with van der Waals surface area (Å²) in [5.41, 5.74) is 3.34. The number of benzene rings is 1. The van der Waals surface area contributed by atoms with E-state index >= 15 is 0 Å². The molecule has 1 aliphatic carbocycles. The maximum absolute atomic E-state index is 12.5. The van der Waals surface area contributed by atoms with E-state index in [1.165, 1.54) is 0 Å². The molecule has 0 radical (unpaired) electrons. The Morgan fingerprint density at radius 2 is 2.19 bits per heavy atom. The molecule has 0 atom stereocenters. The molecule has 0 aliphatic heterocycles. The third-order valence-electron chi connectivity index (χ3n) is 4.65. The number of fused-ring (bicyclic) bond motifs is 2. The summed E-state index contributed by atoms with van der Waals surface area (Å²) in [5.74, 6) is 0.889. The van der Waals surface area contributed by atoms with Crippen molar-refractivity contribution < 1.29 is 13.9 Å². The van der Waals surface area contributed by atoms with Gasteiger partial charge in [-0.25, -0.2) is 15.0 Å². The Hall–Kier alpha value is -3.42. The van der Waals surface area contributed by atoms with E-state index in [1.54, 1.807) is 43.9 Å². The lowest BCUT2D eigenvalue weighted by molar-refractivity contribution is 0.0947. The number of hydrogen-bond donors (Lipinski definition) is 1. The normalized spacial score (nSPS) is 14.0. The first-order valence-electron chi connectivity index (χ1n) is 8.75. The molecule has 8 nitrogen and oxygen atoms in total. The van der Waals surface area contributed by atoms with Crippen LogP contribution >= 0.6 is 0 Å². The van der Waals surface area contributed by atoms with Gasteiger partial charge < -0.3 is 19.0 Å². The zero-order chi connectivity index (χ0) is 18.4. The number of rotatable bonds is 5. The molecule has 0 saturated heterocycles. The molecular weight excluding hydrogens is 346 g/mol. The molecule has 3 aromatic heterocycles. The Bertz CT molecular complexity index is 1160. The van der Waals surface area contributed by atoms with Gasteiger partial charge in [0.05, 0.1) is 25.5 Å². The van der Waals surface area contributed by atoms with Crippen molar-refractivity contribution in [2.24, 2.45) is 0 Å². The van der Waals surface area contributed by atoms with Gasteiger partial charge in [0.25, 0.3) is 5.91 Å². The Morgan fingerprint density at radius 1 is 1.30 bits per heavy atom. The van der Waals surface area contributed by atoms with E-state index in [0.29, 0.717) is 34.3 Å². The van der Waals surface area contributed by atoms with Gasteiger partial charge >= 0.3 is 0 Å². The van der Waals surface area contributed by atoms with E-state index in [-0.39, 0.29) is 12.5 Å². The summed E-state index contributed by atoms with van der Waals surface area (Å²) in [6.45, 7) is 0.185. The van der Waals surface area contributed by atoms with Gasteiger partial charge in [-0.2, -0.15) is 0 Å². The van der Waals surface area contributed by atoms with Crippen molar-refractivity contribution in [3.8, 4) is 5.75 Å². The maximum atomic E-state index is 12.5. The van der Waals surface area contributed by atoms with Crippen LogP contribution in [0.4, 0.5) is 0 Å². The van der Waals surface area contributed by atoms with Crippen molar-refractivity contribution >= 4 is 28.2 Å². The van der Waals surface area contributed by atoms with Crippen LogP contribution in [-0.2, 0) is 6.54 Å². The minimum absolute atomic E-state index is 0.185. The van der Waals surface area contributed by atoms with Crippen LogP contribution in [0.5, 0.6) is 5.75 Å². The monoisotopic (exact) mass is 363 g/mol. The second-order valence-corrected chi connectivity index (χ2v) is 6.57. The number of pyridine rings is 1. The lowest BCUT2D eigenvalue weighted by Crippen LogP contribution is -2.23. The van der Waals surface area contributed by atoms with Crippen molar-refractivity contribution in [1.29, 1.82) is 0 Å². The topological polar surface area (TPSA) is 95.1 Å². The number of imidazole rings is 1. The molecule has 27 heavy (non-hydrogen) atoms. The molecular formula is C19H17N5O3. The van der Waals surface area contributed by atoms with Gasteiger partial charge in [-0.15, -0.1) is 0 Å². The van der Waals surface area contributed by atoms with Crippen LogP contribution in [0.2, 0.25) is 0 Å². The predicted octanol–water partition coefficient (Wildman–Crippen LogP) is 2.85. The Kier molecular flexibility index (Phi) is 3.56. The van der Waals surface area contributed by atoms with Crippen LogP contribution in [0.1, 0.15) is 35.1 Å². The van der Waals surface area contributed by atoms with Crippen LogP contribution in [0.25, 0.3) is 22.3 Å². The zero-order valence-electron chi connectivity index (χ0n) is 14.7. The highest BCUT2D eigenvalue weighted by Crippen LogP contribution is 2.36. The van der Waals surface area contributed by atoms with Crippen molar-refractivity contribution in [2.75, 3.05) is 7.11 Å². The number of nitrogens with one attached hydrogen (secondary N) is 1. The van der Waals surface area contributed by atoms with Gasteiger partial charge in [0.2, 0.25) is 5.89 Å². The van der Waals surface area contributed by atoms with Crippen molar-refractivity contribution in [3.63, 3.8) is 0 Å². The van der Waals surface area contributed by atoms with Crippen LogP contribution < -0.4 is 10.1 Å². The first-order chi connectivity index (χ1) is 13.2. The fraction of sp³-hybridized carbons (Fsp3) is 0.263. The molecule has 0 unspecified atom stereocenters. The Balaban J connectivity index is 1.32. The number of nitrogens with zero attached hydrogens (tertiary/aromatic N) is 4. The lowest BCUT2D eigenvalue weighted by Gasteiger charge is -2.03. The molecule has 0 spiro atoms. The number of oxazole rings is 1. The number of methoxy groups -OCH3 is 1. The molecule has 1 fully saturated rings. The molecule has 1 N–H and O–H groups in total. The van der Waals surface area contributed by atoms with Crippen molar-refractivity contribution in [2.45, 2.75) is 25.4 Å². The van der Waals surface area contributed by atoms with Gasteiger partial charge in [0, 0.05) is 18.3 Å². The summed E-state index contributed by atoms with van der Waals surface area (Å²) in [4.78, 5) is 25.6. The van der Waals surface area contributed by atoms with Gasteiger partial charge in [-0.3, -0.25) is 4.79 Å². The molecule has 0 bridgehead atoms. The highest BCUT2D eigenvalue weighted by molar-refractivity contribution is 5.96. The van der Waals surface area contributed by atoms with Crippen molar-refractivity contribution in [1.82, 2.24) is 24.8 Å². The van der Waals surface area contributed by atoms with E-state index in [4.69, 9.17) is 9.15 Å². The van der Waals surface area contributed by atoms with Crippen molar-refractivity contribution in [3.05, 3.63) is 48.2 Å². The second-order valence-electron chi connectivity index (χ2n) is 6.57. The summed E-state index contributed by atoms with van der Waals surface area (Å²) in [7, 11) is 1.60. The van der Waals surface area contributed by atoms with E-state index < -0.39 is 0 Å². The molecule has 5 rings (SSSR count). The van der Waals surface area contributed by atoms with E-state index in [9.17, 15) is 4.79 Å². The molecule has 136 valence electrons. The van der Waals surface area contributed by atoms with Crippen LogP contribution in [-0.4, -0.2) is 32.5 Å². The average Bonchev–Trinajstić information content (AvgIpc) is 3.32. The standard InChI is InChI=1S/C19H17N5O3/c1-26-13-4-5-16-14(7-13)23-17(27-16)9-21-19(25)11-6-15-18(20-8-11)24(10-22-15)12-2-3-12/h4-8,10,12H,2-3,9H2,1H3,(H,21,25). The SMILES string of the molecule is COc1ccc2oc(CNC(=O)c3cnc4c(c3)ncn4C3CC3)nc2c1. The van der Waals surface area contributed by atoms with Gasteiger partial charge in [0.15, 0.2) is 11.2 Å². The van der Waals surface area contributed by atoms with Gasteiger partial charge in [-0.05, 0) is 31.0 Å². The third kappa shape index (κ3) is 2.88. The summed E-state index contributed by atoms with van der Waals surface area (Å²) in [6, 6.07) is 7.64. The smallest absolute Gasteiger partial charge is 0.253 e. The number of carbonyl (C=O) groups is 1. The molecule has 1 amide bonds. The van der Waals surface area contributed by atoms with Crippen LogP contribution in [0.15, 0.2) is 41.2 Å². The third-order valence-corrected chi connectivity index (χ3v) is 4.65. The van der Waals surface area contributed by atoms with Gasteiger partial charge in [0.1, 0.15) is 16.8 Å². The predicted molar refractivity (Wildman–Crippen MR) is 97.5 cm³/mol. The average molecular weight is 363 g/mol. The molecule has 3 heterocycles. The quantitative estimate of drug-likeness (QED) is 0.586. The largest absolute Gasteiger partial charge is 0.497 e. The number of amides is 1. The summed E-state index contributed by atoms with van der Waals surface area (Å²) in [5, 5.41) is 2.81. The fourth-order valence-electron chi connectivity index (χ4n) is 3.08. The van der Waals surface area contributed by atoms with Crippen LogP contribution in [0, 0.1) is 0 Å². The lowest BCUT2D eigenvalue weighted by atomic mass is 10.2. The minimum Gasteiger partial charge on any atom is -0.497 e. The molecule has 1 saturated carbocycles. The number of hydrogen-bond acceptors (Lipinski definition) is 6. The number of ether oxygens (including phenoxy) is 1. The van der Waals surface area contributed by atoms with E-state index in [0.717, 1.165) is 24.0 Å². The highest BCUT2D eigenvalue weighted by atomic mass is 16.5. The maximum Gasteiger partial charge on any atom is 0.253 e. The zero-order valence-corrected chi connectivity index (χ0v) is 14.7. The Morgan fingerprint density at radius 3 is 3.00 bits per heavy atom.